The van der Waals surface area contributed by atoms with E-state index < -0.39 is 29.4 Å². The second-order valence-electron chi connectivity index (χ2n) is 7.85. The number of ether oxygens (including phenoxy) is 1. The Labute approximate surface area is 176 Å². The molecule has 0 saturated carbocycles. The number of aliphatic imine (C=N–C) groups is 1. The number of nitrogens with zero attached hydrogens (tertiary/aromatic N) is 3. The smallest absolute Gasteiger partial charge is 0.422 e. The molecule has 0 aliphatic carbocycles. The van der Waals surface area contributed by atoms with E-state index in [0.29, 0.717) is 17.0 Å². The second kappa shape index (κ2) is 8.22. The van der Waals surface area contributed by atoms with Crippen LogP contribution in [0.15, 0.2) is 53.8 Å². The number of aromatic nitrogens is 2. The molecular weight excluding hydrogens is 414 g/mol. The van der Waals surface area contributed by atoms with Crippen molar-refractivity contribution in [3.05, 3.63) is 60.2 Å². The van der Waals surface area contributed by atoms with Gasteiger partial charge in [-0.2, -0.15) is 23.4 Å². The quantitative estimate of drug-likeness (QED) is 0.430. The molecule has 0 saturated heterocycles. The minimum Gasteiger partial charge on any atom is -0.496 e. The Kier molecular flexibility index (Phi) is 6.00. The molecule has 0 aliphatic rings. The van der Waals surface area contributed by atoms with Crippen molar-refractivity contribution < 1.29 is 27.4 Å². The van der Waals surface area contributed by atoms with Gasteiger partial charge in [0.2, 0.25) is 0 Å². The predicted octanol–water partition coefficient (Wildman–Crippen LogP) is 5.14. The van der Waals surface area contributed by atoms with Gasteiger partial charge >= 0.3 is 6.18 Å². The fraction of sp³-hybridized carbons (Fsp3) is 0.318. The lowest BCUT2D eigenvalue weighted by Crippen LogP contribution is -2.50. The van der Waals surface area contributed by atoms with Crippen LogP contribution in [0.1, 0.15) is 25.8 Å². The SMILES string of the molecule is COc1ccc(F)cc1C(C)(C)CC(O)(/C=N\c1cccc2cnncc12)C(F)(F)F. The van der Waals surface area contributed by atoms with E-state index in [1.54, 1.807) is 12.1 Å². The van der Waals surface area contributed by atoms with Crippen molar-refractivity contribution in [1.29, 1.82) is 0 Å². The molecule has 9 heteroatoms. The van der Waals surface area contributed by atoms with Crippen molar-refractivity contribution in [3.8, 4) is 5.75 Å². The number of methoxy groups -OCH3 is 1. The minimum absolute atomic E-state index is 0.200. The van der Waals surface area contributed by atoms with Gasteiger partial charge in [0, 0.05) is 22.6 Å². The van der Waals surface area contributed by atoms with Crippen LogP contribution in [-0.4, -0.2) is 40.4 Å². The third-order valence-corrected chi connectivity index (χ3v) is 5.08. The first-order valence-corrected chi connectivity index (χ1v) is 9.35. The Balaban J connectivity index is 2.03. The van der Waals surface area contributed by atoms with Crippen LogP contribution in [0.2, 0.25) is 0 Å². The summed E-state index contributed by atoms with van der Waals surface area (Å²) in [6.07, 6.45) is -2.51. The molecule has 3 rings (SSSR count). The molecule has 2 aromatic carbocycles. The van der Waals surface area contributed by atoms with Crippen LogP contribution in [0.4, 0.5) is 23.2 Å². The van der Waals surface area contributed by atoms with Crippen molar-refractivity contribution in [2.45, 2.75) is 37.5 Å². The Morgan fingerprint density at radius 1 is 1.10 bits per heavy atom. The zero-order chi connectivity index (χ0) is 22.9. The van der Waals surface area contributed by atoms with Crippen LogP contribution in [0.5, 0.6) is 5.75 Å². The third-order valence-electron chi connectivity index (χ3n) is 5.08. The summed E-state index contributed by atoms with van der Waals surface area (Å²) in [6, 6.07) is 8.45. The largest absolute Gasteiger partial charge is 0.496 e. The Morgan fingerprint density at radius 2 is 1.81 bits per heavy atom. The predicted molar refractivity (Wildman–Crippen MR) is 109 cm³/mol. The molecule has 0 radical (unpaired) electrons. The standard InChI is InChI=1S/C22H21F4N3O2/c1-20(2,17-9-15(23)7-8-19(17)31-3)12-21(30,22(24,25)26)13-27-18-6-4-5-14-10-28-29-11-16(14)18/h4-11,13,30H,12H2,1-3H3/b27-13-. The fourth-order valence-corrected chi connectivity index (χ4v) is 3.50. The van der Waals surface area contributed by atoms with E-state index in [1.165, 1.54) is 45.5 Å². The van der Waals surface area contributed by atoms with Gasteiger partial charge in [-0.3, -0.25) is 4.99 Å². The van der Waals surface area contributed by atoms with Crippen LogP contribution in [-0.2, 0) is 5.41 Å². The molecule has 0 aliphatic heterocycles. The number of hydrogen-bond acceptors (Lipinski definition) is 5. The second-order valence-corrected chi connectivity index (χ2v) is 7.85. The lowest BCUT2D eigenvalue weighted by Gasteiger charge is -2.36. The average Bonchev–Trinajstić information content (AvgIpc) is 2.71. The molecule has 1 heterocycles. The summed E-state index contributed by atoms with van der Waals surface area (Å²) in [5.41, 5.74) is -4.19. The van der Waals surface area contributed by atoms with E-state index in [4.69, 9.17) is 4.74 Å². The number of alkyl halides is 3. The summed E-state index contributed by atoms with van der Waals surface area (Å²) in [6.45, 7) is 2.95. The van der Waals surface area contributed by atoms with Gasteiger partial charge in [0.1, 0.15) is 11.6 Å². The van der Waals surface area contributed by atoms with Gasteiger partial charge in [0.25, 0.3) is 0 Å². The molecule has 0 spiro atoms. The molecular formula is C22H21F4N3O2. The van der Waals surface area contributed by atoms with Crippen molar-refractivity contribution in [1.82, 2.24) is 10.2 Å². The van der Waals surface area contributed by atoms with Gasteiger partial charge in [0.15, 0.2) is 5.60 Å². The number of rotatable bonds is 6. The lowest BCUT2D eigenvalue weighted by atomic mass is 9.74. The highest BCUT2D eigenvalue weighted by Gasteiger charge is 2.55. The molecule has 1 aromatic heterocycles. The van der Waals surface area contributed by atoms with Gasteiger partial charge < -0.3 is 9.84 Å². The van der Waals surface area contributed by atoms with Gasteiger partial charge in [0.05, 0.1) is 25.2 Å². The number of halogens is 4. The van der Waals surface area contributed by atoms with Gasteiger partial charge in [-0.25, -0.2) is 4.39 Å². The van der Waals surface area contributed by atoms with Gasteiger partial charge in [-0.15, -0.1) is 0 Å². The molecule has 0 fully saturated rings. The highest BCUT2D eigenvalue weighted by atomic mass is 19.4. The molecule has 5 nitrogen and oxygen atoms in total. The highest BCUT2D eigenvalue weighted by Crippen LogP contribution is 2.43. The average molecular weight is 435 g/mol. The molecule has 1 atom stereocenters. The van der Waals surface area contributed by atoms with Crippen LogP contribution < -0.4 is 4.74 Å². The molecule has 31 heavy (non-hydrogen) atoms. The van der Waals surface area contributed by atoms with E-state index >= 15 is 0 Å². The van der Waals surface area contributed by atoms with E-state index in [9.17, 15) is 22.7 Å². The summed E-state index contributed by atoms with van der Waals surface area (Å²) in [5.74, 6) is -0.398. The van der Waals surface area contributed by atoms with Crippen LogP contribution >= 0.6 is 0 Å². The van der Waals surface area contributed by atoms with Crippen LogP contribution in [0.3, 0.4) is 0 Å². The summed E-state index contributed by atoms with van der Waals surface area (Å²) < 4.78 is 60.9. The van der Waals surface area contributed by atoms with Crippen molar-refractivity contribution in [2.75, 3.05) is 7.11 Å². The summed E-state index contributed by atoms with van der Waals surface area (Å²) in [7, 11) is 1.34. The molecule has 1 unspecified atom stereocenters. The number of benzene rings is 2. The maximum absolute atomic E-state index is 14.0. The lowest BCUT2D eigenvalue weighted by molar-refractivity contribution is -0.234. The van der Waals surface area contributed by atoms with E-state index in [2.05, 4.69) is 15.2 Å². The van der Waals surface area contributed by atoms with Crippen molar-refractivity contribution in [3.63, 3.8) is 0 Å². The summed E-state index contributed by atoms with van der Waals surface area (Å²) >= 11 is 0. The molecule has 1 N–H and O–H groups in total. The monoisotopic (exact) mass is 435 g/mol. The molecule has 3 aromatic rings. The first-order chi connectivity index (χ1) is 14.5. The zero-order valence-corrected chi connectivity index (χ0v) is 17.1. The van der Waals surface area contributed by atoms with Crippen LogP contribution in [0.25, 0.3) is 10.8 Å². The summed E-state index contributed by atoms with van der Waals surface area (Å²) in [4.78, 5) is 3.94. The Bertz CT molecular complexity index is 1110. The first-order valence-electron chi connectivity index (χ1n) is 9.35. The van der Waals surface area contributed by atoms with E-state index in [1.807, 2.05) is 0 Å². The van der Waals surface area contributed by atoms with Gasteiger partial charge in [-0.1, -0.05) is 26.0 Å². The molecule has 0 bridgehead atoms. The Hall–Kier alpha value is -3.07. The Morgan fingerprint density at radius 3 is 2.48 bits per heavy atom. The van der Waals surface area contributed by atoms with E-state index in [0.717, 1.165) is 12.1 Å². The first kappa shape index (κ1) is 22.6. The van der Waals surface area contributed by atoms with Crippen LogP contribution in [0, 0.1) is 5.82 Å². The molecule has 0 amide bonds. The van der Waals surface area contributed by atoms with Crippen molar-refractivity contribution in [2.24, 2.45) is 4.99 Å². The fourth-order valence-electron chi connectivity index (χ4n) is 3.50. The number of aliphatic hydroxyl groups is 1. The normalized spacial score (nSPS) is 14.7. The molecule has 164 valence electrons. The topological polar surface area (TPSA) is 67.6 Å². The highest BCUT2D eigenvalue weighted by molar-refractivity contribution is 5.93. The van der Waals surface area contributed by atoms with E-state index in [-0.39, 0.29) is 17.0 Å². The zero-order valence-electron chi connectivity index (χ0n) is 17.1. The summed E-state index contributed by atoms with van der Waals surface area (Å²) in [5, 5.41) is 19.3. The maximum atomic E-state index is 14.0. The minimum atomic E-state index is -5.03. The number of fused-ring (bicyclic) bond motifs is 1. The van der Waals surface area contributed by atoms with Gasteiger partial charge in [-0.05, 0) is 36.1 Å². The maximum Gasteiger partial charge on any atom is 0.422 e. The van der Waals surface area contributed by atoms with Crippen molar-refractivity contribution >= 4 is 22.7 Å². The number of hydrogen-bond donors (Lipinski definition) is 1. The third kappa shape index (κ3) is 4.66.